The minimum absolute atomic E-state index is 0.0531. The highest BCUT2D eigenvalue weighted by atomic mass is 16.4. The maximum absolute atomic E-state index is 12.2. The Bertz CT molecular complexity index is 504. The lowest BCUT2D eigenvalue weighted by Gasteiger charge is -2.19. The van der Waals surface area contributed by atoms with E-state index in [0.717, 1.165) is 0 Å². The van der Waals surface area contributed by atoms with Gasteiger partial charge in [0, 0.05) is 13.0 Å². The van der Waals surface area contributed by atoms with E-state index in [9.17, 15) is 14.4 Å². The quantitative estimate of drug-likeness (QED) is 0.515. The zero-order chi connectivity index (χ0) is 15.8. The summed E-state index contributed by atoms with van der Waals surface area (Å²) in [6.07, 6.45) is -0.168. The summed E-state index contributed by atoms with van der Waals surface area (Å²) in [5.41, 5.74) is 11.3. The average Bonchev–Trinajstić information content (AvgIpc) is 2.44. The Morgan fingerprint density at radius 1 is 1.19 bits per heavy atom. The van der Waals surface area contributed by atoms with Crippen molar-refractivity contribution < 1.29 is 19.5 Å². The fourth-order valence-electron chi connectivity index (χ4n) is 1.90. The zero-order valence-electron chi connectivity index (χ0n) is 11.5. The van der Waals surface area contributed by atoms with E-state index in [4.69, 9.17) is 16.6 Å². The van der Waals surface area contributed by atoms with Crippen LogP contribution in [0.4, 0.5) is 0 Å². The Kier molecular flexibility index (Phi) is 6.35. The Hall–Kier alpha value is -2.41. The van der Waals surface area contributed by atoms with Crippen molar-refractivity contribution in [3.63, 3.8) is 0 Å². The first-order chi connectivity index (χ1) is 9.95. The third-order valence-electron chi connectivity index (χ3n) is 3.05. The van der Waals surface area contributed by atoms with Gasteiger partial charge < -0.3 is 21.9 Å². The molecule has 1 rings (SSSR count). The van der Waals surface area contributed by atoms with E-state index in [-0.39, 0.29) is 19.4 Å². The lowest BCUT2D eigenvalue weighted by Crippen LogP contribution is -2.44. The number of amides is 2. The van der Waals surface area contributed by atoms with Gasteiger partial charge in [-0.25, -0.2) is 4.79 Å². The molecule has 0 aliphatic carbocycles. The van der Waals surface area contributed by atoms with Crippen molar-refractivity contribution in [2.45, 2.75) is 24.8 Å². The molecule has 0 saturated carbocycles. The molecule has 0 spiro atoms. The van der Waals surface area contributed by atoms with Gasteiger partial charge in [-0.15, -0.1) is 0 Å². The van der Waals surface area contributed by atoms with Gasteiger partial charge in [0.15, 0.2) is 0 Å². The van der Waals surface area contributed by atoms with E-state index in [1.165, 1.54) is 0 Å². The summed E-state index contributed by atoms with van der Waals surface area (Å²) < 4.78 is 0. The molecule has 21 heavy (non-hydrogen) atoms. The van der Waals surface area contributed by atoms with Gasteiger partial charge in [-0.1, -0.05) is 30.3 Å². The van der Waals surface area contributed by atoms with E-state index in [1.807, 2.05) is 6.07 Å². The minimum Gasteiger partial charge on any atom is -0.480 e. The molecule has 1 aromatic carbocycles. The monoisotopic (exact) mass is 293 g/mol. The molecule has 1 aromatic rings. The highest BCUT2D eigenvalue weighted by Crippen LogP contribution is 2.14. The van der Waals surface area contributed by atoms with E-state index in [1.54, 1.807) is 24.3 Å². The third kappa shape index (κ3) is 5.23. The van der Waals surface area contributed by atoms with Crippen LogP contribution in [0.1, 0.15) is 24.3 Å². The number of primary amides is 1. The third-order valence-corrected chi connectivity index (χ3v) is 3.05. The highest BCUT2D eigenvalue weighted by Gasteiger charge is 2.25. The summed E-state index contributed by atoms with van der Waals surface area (Å²) in [4.78, 5) is 34.0. The van der Waals surface area contributed by atoms with Crippen LogP contribution in [0.25, 0.3) is 0 Å². The van der Waals surface area contributed by atoms with E-state index in [2.05, 4.69) is 5.32 Å². The summed E-state index contributed by atoms with van der Waals surface area (Å²) in [7, 11) is 0. The molecule has 7 heteroatoms. The number of hydrogen-bond donors (Lipinski definition) is 4. The molecule has 6 N–H and O–H groups in total. The molecule has 0 heterocycles. The molecule has 0 radical (unpaired) electrons. The van der Waals surface area contributed by atoms with Crippen LogP contribution in [0, 0.1) is 0 Å². The number of hydrogen-bond acceptors (Lipinski definition) is 4. The summed E-state index contributed by atoms with van der Waals surface area (Å²) >= 11 is 0. The predicted molar refractivity (Wildman–Crippen MR) is 76.2 cm³/mol. The molecule has 2 amide bonds. The first kappa shape index (κ1) is 16.6. The molecular formula is C14H19N3O4. The van der Waals surface area contributed by atoms with E-state index in [0.29, 0.717) is 5.56 Å². The topological polar surface area (TPSA) is 136 Å². The van der Waals surface area contributed by atoms with E-state index < -0.39 is 29.7 Å². The number of aliphatic carboxylic acids is 1. The van der Waals surface area contributed by atoms with Crippen LogP contribution in [0.2, 0.25) is 0 Å². The van der Waals surface area contributed by atoms with Crippen LogP contribution < -0.4 is 16.8 Å². The van der Waals surface area contributed by atoms with Gasteiger partial charge in [0.05, 0.1) is 5.92 Å². The van der Waals surface area contributed by atoms with Crippen molar-refractivity contribution in [2.24, 2.45) is 11.5 Å². The fraction of sp³-hybridized carbons (Fsp3) is 0.357. The van der Waals surface area contributed by atoms with Gasteiger partial charge >= 0.3 is 5.97 Å². The standard InChI is InChI=1S/C14H19N3O4/c15-8-10(9-4-2-1-3-5-9)13(19)17-11(14(20)21)6-7-12(16)18/h1-5,10-11H,6-8,15H2,(H2,16,18)(H,17,19)(H,20,21). The molecule has 2 atom stereocenters. The van der Waals surface area contributed by atoms with Gasteiger partial charge in [-0.3, -0.25) is 9.59 Å². The Labute approximate surface area is 122 Å². The summed E-state index contributed by atoms with van der Waals surface area (Å²) in [5.74, 6) is -2.95. The number of carbonyl (C=O) groups excluding carboxylic acids is 2. The number of carboxylic acid groups (broad SMARTS) is 1. The van der Waals surface area contributed by atoms with Gasteiger partial charge in [-0.05, 0) is 12.0 Å². The van der Waals surface area contributed by atoms with Gasteiger partial charge in [0.1, 0.15) is 6.04 Å². The number of rotatable bonds is 8. The molecule has 0 aliphatic heterocycles. The molecule has 0 fully saturated rings. The van der Waals surface area contributed by atoms with Crippen molar-refractivity contribution in [2.75, 3.05) is 6.54 Å². The molecule has 2 unspecified atom stereocenters. The summed E-state index contributed by atoms with van der Waals surface area (Å²) in [6.45, 7) is 0.0536. The average molecular weight is 293 g/mol. The molecule has 0 bridgehead atoms. The van der Waals surface area contributed by atoms with Crippen LogP contribution in [-0.4, -0.2) is 35.5 Å². The number of benzene rings is 1. The number of carbonyl (C=O) groups is 3. The Morgan fingerprint density at radius 3 is 2.29 bits per heavy atom. The molecular weight excluding hydrogens is 274 g/mol. The molecule has 0 aromatic heterocycles. The maximum Gasteiger partial charge on any atom is 0.326 e. The summed E-state index contributed by atoms with van der Waals surface area (Å²) in [5, 5.41) is 11.5. The van der Waals surface area contributed by atoms with Crippen LogP contribution in [0.15, 0.2) is 30.3 Å². The van der Waals surface area contributed by atoms with Crippen LogP contribution in [0.3, 0.4) is 0 Å². The highest BCUT2D eigenvalue weighted by molar-refractivity contribution is 5.88. The minimum atomic E-state index is -1.21. The fourth-order valence-corrected chi connectivity index (χ4v) is 1.90. The number of nitrogens with two attached hydrogens (primary N) is 2. The van der Waals surface area contributed by atoms with Crippen LogP contribution in [0.5, 0.6) is 0 Å². The van der Waals surface area contributed by atoms with E-state index >= 15 is 0 Å². The largest absolute Gasteiger partial charge is 0.480 e. The number of nitrogens with one attached hydrogen (secondary N) is 1. The summed E-state index contributed by atoms with van der Waals surface area (Å²) in [6, 6.07) is 7.68. The van der Waals surface area contributed by atoms with Crippen molar-refractivity contribution in [1.82, 2.24) is 5.32 Å². The zero-order valence-corrected chi connectivity index (χ0v) is 11.5. The number of carboxylic acids is 1. The van der Waals surface area contributed by atoms with Crippen molar-refractivity contribution in [3.8, 4) is 0 Å². The first-order valence-electron chi connectivity index (χ1n) is 6.52. The lowest BCUT2D eigenvalue weighted by atomic mass is 9.97. The van der Waals surface area contributed by atoms with Gasteiger partial charge in [-0.2, -0.15) is 0 Å². The maximum atomic E-state index is 12.2. The first-order valence-corrected chi connectivity index (χ1v) is 6.52. The molecule has 114 valence electrons. The SMILES string of the molecule is NCC(C(=O)NC(CCC(N)=O)C(=O)O)c1ccccc1. The smallest absolute Gasteiger partial charge is 0.326 e. The lowest BCUT2D eigenvalue weighted by molar-refractivity contribution is -0.142. The molecule has 0 aliphatic rings. The van der Waals surface area contributed by atoms with Crippen molar-refractivity contribution in [3.05, 3.63) is 35.9 Å². The van der Waals surface area contributed by atoms with Crippen molar-refractivity contribution >= 4 is 17.8 Å². The van der Waals surface area contributed by atoms with Gasteiger partial charge in [0.25, 0.3) is 0 Å². The Balaban J connectivity index is 2.75. The second-order valence-corrected chi connectivity index (χ2v) is 4.60. The van der Waals surface area contributed by atoms with Crippen molar-refractivity contribution in [1.29, 1.82) is 0 Å². The van der Waals surface area contributed by atoms with Crippen LogP contribution in [-0.2, 0) is 14.4 Å². The second kappa shape index (κ2) is 8.01. The van der Waals surface area contributed by atoms with Crippen LogP contribution >= 0.6 is 0 Å². The van der Waals surface area contributed by atoms with Gasteiger partial charge in [0.2, 0.25) is 11.8 Å². The molecule has 0 saturated heterocycles. The normalized spacial score (nSPS) is 13.2. The Morgan fingerprint density at radius 2 is 1.81 bits per heavy atom. The predicted octanol–water partition coefficient (Wildman–Crippen LogP) is -0.436. The molecule has 7 nitrogen and oxygen atoms in total. The second-order valence-electron chi connectivity index (χ2n) is 4.60.